The van der Waals surface area contributed by atoms with E-state index in [-0.39, 0.29) is 6.61 Å². The topological polar surface area (TPSA) is 72.3 Å². The van der Waals surface area contributed by atoms with Gasteiger partial charge in [0.2, 0.25) is 0 Å². The summed E-state index contributed by atoms with van der Waals surface area (Å²) >= 11 is 0. The van der Waals surface area contributed by atoms with Crippen LogP contribution in [0.2, 0.25) is 0 Å². The quantitative estimate of drug-likeness (QED) is 0.588. The van der Waals surface area contributed by atoms with Crippen molar-refractivity contribution < 1.29 is 5.11 Å². The summed E-state index contributed by atoms with van der Waals surface area (Å²) in [4.78, 5) is 0. The van der Waals surface area contributed by atoms with Gasteiger partial charge in [0.15, 0.2) is 0 Å². The summed E-state index contributed by atoms with van der Waals surface area (Å²) in [5.74, 6) is 0. The van der Waals surface area contributed by atoms with Crippen molar-refractivity contribution in [2.24, 2.45) is 5.73 Å². The van der Waals surface area contributed by atoms with Crippen molar-refractivity contribution in [1.29, 1.82) is 0 Å². The van der Waals surface area contributed by atoms with Gasteiger partial charge in [-0.25, -0.2) is 0 Å². The highest BCUT2D eigenvalue weighted by Crippen LogP contribution is 2.25. The van der Waals surface area contributed by atoms with E-state index >= 15 is 0 Å². The van der Waals surface area contributed by atoms with Crippen LogP contribution in [0.4, 0.5) is 5.69 Å². The van der Waals surface area contributed by atoms with Crippen LogP contribution < -0.4 is 11.5 Å². The van der Waals surface area contributed by atoms with E-state index in [2.05, 4.69) is 0 Å². The van der Waals surface area contributed by atoms with Gasteiger partial charge in [-0.2, -0.15) is 0 Å². The van der Waals surface area contributed by atoms with E-state index in [0.717, 1.165) is 11.1 Å². The fourth-order valence-electron chi connectivity index (χ4n) is 1.26. The molecule has 0 radical (unpaired) electrons. The molecule has 0 aliphatic rings. The highest BCUT2D eigenvalue weighted by atomic mass is 16.3. The van der Waals surface area contributed by atoms with Gasteiger partial charge in [0.05, 0.1) is 12.1 Å². The third-order valence-corrected chi connectivity index (χ3v) is 2.27. The fourth-order valence-corrected chi connectivity index (χ4v) is 1.26. The highest BCUT2D eigenvalue weighted by molar-refractivity contribution is 5.55. The average molecular weight is 180 g/mol. The number of benzene rings is 1. The summed E-state index contributed by atoms with van der Waals surface area (Å²) in [6.45, 7) is 3.57. The third-order valence-electron chi connectivity index (χ3n) is 2.27. The van der Waals surface area contributed by atoms with Crippen molar-refractivity contribution in [1.82, 2.24) is 0 Å². The molecule has 3 heteroatoms. The van der Waals surface area contributed by atoms with Crippen molar-refractivity contribution in [2.45, 2.75) is 19.4 Å². The fraction of sp³-hybridized carbons (Fsp3) is 0.400. The lowest BCUT2D eigenvalue weighted by Gasteiger charge is -2.24. The van der Waals surface area contributed by atoms with Gasteiger partial charge in [0.1, 0.15) is 0 Å². The number of anilines is 1. The van der Waals surface area contributed by atoms with Crippen LogP contribution >= 0.6 is 0 Å². The second-order valence-corrected chi connectivity index (χ2v) is 3.61. The minimum Gasteiger partial charge on any atom is -0.398 e. The summed E-state index contributed by atoms with van der Waals surface area (Å²) in [5.41, 5.74) is 13.4. The molecule has 5 N–H and O–H groups in total. The summed E-state index contributed by atoms with van der Waals surface area (Å²) < 4.78 is 0. The molecule has 1 rings (SSSR count). The highest BCUT2D eigenvalue weighted by Gasteiger charge is 2.22. The summed E-state index contributed by atoms with van der Waals surface area (Å²) in [5, 5.41) is 9.08. The Morgan fingerprint density at radius 1 is 1.46 bits per heavy atom. The van der Waals surface area contributed by atoms with Crippen molar-refractivity contribution in [3.8, 4) is 0 Å². The van der Waals surface area contributed by atoms with E-state index < -0.39 is 5.54 Å². The van der Waals surface area contributed by atoms with E-state index in [0.29, 0.717) is 5.69 Å². The largest absolute Gasteiger partial charge is 0.398 e. The second kappa shape index (κ2) is 3.36. The molecule has 0 saturated heterocycles. The first kappa shape index (κ1) is 10.0. The van der Waals surface area contributed by atoms with Gasteiger partial charge in [-0.05, 0) is 25.0 Å². The van der Waals surface area contributed by atoms with E-state index in [1.165, 1.54) is 0 Å². The van der Waals surface area contributed by atoms with Crippen LogP contribution in [0.25, 0.3) is 0 Å². The maximum Gasteiger partial charge on any atom is 0.0651 e. The maximum absolute atomic E-state index is 9.08. The maximum atomic E-state index is 9.08. The number of hydrogen-bond acceptors (Lipinski definition) is 3. The third kappa shape index (κ3) is 1.82. The van der Waals surface area contributed by atoms with Gasteiger partial charge in [0, 0.05) is 5.69 Å². The molecule has 0 heterocycles. The number of aliphatic hydroxyl groups excluding tert-OH is 1. The zero-order valence-electron chi connectivity index (χ0n) is 8.04. The van der Waals surface area contributed by atoms with Gasteiger partial charge in [-0.1, -0.05) is 18.2 Å². The first-order chi connectivity index (χ1) is 5.99. The van der Waals surface area contributed by atoms with Crippen LogP contribution in [0.15, 0.2) is 18.2 Å². The molecule has 0 aliphatic heterocycles. The minimum atomic E-state index is -0.754. The van der Waals surface area contributed by atoms with Gasteiger partial charge >= 0.3 is 0 Å². The molecule has 13 heavy (non-hydrogen) atoms. The van der Waals surface area contributed by atoms with Gasteiger partial charge in [-0.15, -0.1) is 0 Å². The number of nitrogens with two attached hydrogens (primary N) is 2. The molecule has 1 atom stereocenters. The number of para-hydroxylation sites is 1. The minimum absolute atomic E-state index is 0.110. The number of nitrogen functional groups attached to an aromatic ring is 1. The lowest BCUT2D eigenvalue weighted by Crippen LogP contribution is -2.37. The predicted molar refractivity (Wildman–Crippen MR) is 54.2 cm³/mol. The Balaban J connectivity index is 3.22. The average Bonchev–Trinajstić information content (AvgIpc) is 2.09. The van der Waals surface area contributed by atoms with Crippen LogP contribution in [0.3, 0.4) is 0 Å². The molecule has 0 spiro atoms. The van der Waals surface area contributed by atoms with Crippen molar-refractivity contribution >= 4 is 5.69 Å². The standard InChI is InChI=1S/C10H16N2O/c1-7-4-3-5-8(9(7)11)10(2,12)6-13/h3-5,13H,6,11-12H2,1-2H3/t10-/m1/s1. The first-order valence-electron chi connectivity index (χ1n) is 4.24. The molecule has 0 bridgehead atoms. The lowest BCUT2D eigenvalue weighted by atomic mass is 9.91. The molecule has 0 unspecified atom stereocenters. The Morgan fingerprint density at radius 3 is 2.62 bits per heavy atom. The smallest absolute Gasteiger partial charge is 0.0651 e. The summed E-state index contributed by atoms with van der Waals surface area (Å²) in [6.07, 6.45) is 0. The molecule has 0 amide bonds. The molecule has 0 saturated carbocycles. The first-order valence-corrected chi connectivity index (χ1v) is 4.24. The zero-order valence-corrected chi connectivity index (χ0v) is 8.04. The normalized spacial score (nSPS) is 15.4. The van der Waals surface area contributed by atoms with E-state index in [1.807, 2.05) is 25.1 Å². The van der Waals surface area contributed by atoms with Gasteiger partial charge < -0.3 is 16.6 Å². The molecular formula is C10H16N2O. The van der Waals surface area contributed by atoms with Crippen LogP contribution in [-0.2, 0) is 5.54 Å². The lowest BCUT2D eigenvalue weighted by molar-refractivity contribution is 0.210. The predicted octanol–water partition coefficient (Wildman–Crippen LogP) is 0.743. The van der Waals surface area contributed by atoms with Crippen LogP contribution in [0.5, 0.6) is 0 Å². The Bertz CT molecular complexity index is 308. The number of aliphatic hydroxyl groups is 1. The summed E-state index contributed by atoms with van der Waals surface area (Å²) in [7, 11) is 0. The SMILES string of the molecule is Cc1cccc([C@](C)(N)CO)c1N. The van der Waals surface area contributed by atoms with Crippen molar-refractivity contribution in [3.05, 3.63) is 29.3 Å². The molecule has 0 fully saturated rings. The Hall–Kier alpha value is -1.06. The van der Waals surface area contributed by atoms with Gasteiger partial charge in [0.25, 0.3) is 0 Å². The van der Waals surface area contributed by atoms with Crippen LogP contribution in [0.1, 0.15) is 18.1 Å². The molecule has 3 nitrogen and oxygen atoms in total. The van der Waals surface area contributed by atoms with Crippen molar-refractivity contribution in [3.63, 3.8) is 0 Å². The summed E-state index contributed by atoms with van der Waals surface area (Å²) in [6, 6.07) is 5.66. The van der Waals surface area contributed by atoms with E-state index in [4.69, 9.17) is 16.6 Å². The molecule has 0 aliphatic carbocycles. The molecule has 72 valence electrons. The van der Waals surface area contributed by atoms with Crippen molar-refractivity contribution in [2.75, 3.05) is 12.3 Å². The zero-order chi connectivity index (χ0) is 10.1. The second-order valence-electron chi connectivity index (χ2n) is 3.61. The molecular weight excluding hydrogens is 164 g/mol. The van der Waals surface area contributed by atoms with E-state index in [9.17, 15) is 0 Å². The van der Waals surface area contributed by atoms with Crippen LogP contribution in [-0.4, -0.2) is 11.7 Å². The molecule has 1 aromatic rings. The molecule has 1 aromatic carbocycles. The van der Waals surface area contributed by atoms with Gasteiger partial charge in [-0.3, -0.25) is 0 Å². The van der Waals surface area contributed by atoms with E-state index in [1.54, 1.807) is 6.92 Å². The van der Waals surface area contributed by atoms with Crippen LogP contribution in [0, 0.1) is 6.92 Å². The monoisotopic (exact) mass is 180 g/mol. The number of hydrogen-bond donors (Lipinski definition) is 3. The number of aryl methyl sites for hydroxylation is 1. The Morgan fingerprint density at radius 2 is 2.08 bits per heavy atom. The Kier molecular flexibility index (Phi) is 2.59. The number of rotatable bonds is 2. The Labute approximate surface area is 78.4 Å². The molecule has 0 aromatic heterocycles.